The van der Waals surface area contributed by atoms with Crippen molar-refractivity contribution in [1.82, 2.24) is 0 Å². The first-order valence-electron chi connectivity index (χ1n) is 8.15. The van der Waals surface area contributed by atoms with Crippen molar-refractivity contribution >= 4 is 5.97 Å². The first-order valence-corrected chi connectivity index (χ1v) is 8.15. The maximum absolute atomic E-state index is 12.5. The average Bonchev–Trinajstić information content (AvgIpc) is 3.00. The maximum atomic E-state index is 12.5. The fourth-order valence-electron chi connectivity index (χ4n) is 4.11. The highest BCUT2D eigenvalue weighted by Crippen LogP contribution is 2.40. The molecule has 0 aromatic carbocycles. The minimum absolute atomic E-state index is 0.0494. The third-order valence-electron chi connectivity index (χ3n) is 5.37. The van der Waals surface area contributed by atoms with Crippen LogP contribution in [0.3, 0.4) is 0 Å². The average molecular weight is 274 g/mol. The Morgan fingerprint density at radius 2 is 2.05 bits per heavy atom. The second-order valence-electron chi connectivity index (χ2n) is 7.28. The molecule has 2 bridgehead atoms. The summed E-state index contributed by atoms with van der Waals surface area (Å²) in [6, 6.07) is 0. The molecule has 0 aliphatic heterocycles. The Hall–Kier alpha value is -1.05. The minimum Gasteiger partial charge on any atom is -0.459 e. The molecule has 0 radical (unpaired) electrons. The van der Waals surface area contributed by atoms with Crippen molar-refractivity contribution in [2.45, 2.75) is 52.6 Å². The fourth-order valence-corrected chi connectivity index (χ4v) is 4.11. The molecule has 3 aliphatic carbocycles. The molecule has 0 amide bonds. The molecule has 110 valence electrons. The number of rotatable bonds is 3. The van der Waals surface area contributed by atoms with Crippen LogP contribution in [-0.2, 0) is 9.53 Å². The second-order valence-corrected chi connectivity index (χ2v) is 7.28. The van der Waals surface area contributed by atoms with E-state index in [0.717, 1.165) is 18.4 Å². The summed E-state index contributed by atoms with van der Waals surface area (Å²) >= 11 is 0. The zero-order valence-electron chi connectivity index (χ0n) is 12.8. The lowest BCUT2D eigenvalue weighted by molar-refractivity contribution is -0.151. The van der Waals surface area contributed by atoms with Crippen molar-refractivity contribution in [3.05, 3.63) is 23.8 Å². The molecule has 2 nitrogen and oxygen atoms in total. The van der Waals surface area contributed by atoms with Gasteiger partial charge >= 0.3 is 5.97 Å². The Balaban J connectivity index is 1.66. The zero-order chi connectivity index (χ0) is 14.3. The molecule has 20 heavy (non-hydrogen) atoms. The number of fused-ring (bicyclic) bond motifs is 2. The number of carbonyl (C=O) groups excluding carboxylic acids is 1. The van der Waals surface area contributed by atoms with E-state index in [1.807, 2.05) is 0 Å². The van der Waals surface area contributed by atoms with Crippen LogP contribution in [0.2, 0.25) is 0 Å². The van der Waals surface area contributed by atoms with Crippen LogP contribution in [0.1, 0.15) is 46.5 Å². The molecular formula is C18H26O2. The topological polar surface area (TPSA) is 26.3 Å². The van der Waals surface area contributed by atoms with E-state index in [4.69, 9.17) is 4.74 Å². The van der Waals surface area contributed by atoms with Gasteiger partial charge in [0.25, 0.3) is 0 Å². The lowest BCUT2D eigenvalue weighted by Gasteiger charge is -2.37. The molecule has 0 spiro atoms. The lowest BCUT2D eigenvalue weighted by atomic mass is 9.75. The molecule has 0 saturated heterocycles. The third kappa shape index (κ3) is 2.57. The molecule has 0 heterocycles. The fraction of sp³-hybridized carbons (Fsp3) is 0.722. The van der Waals surface area contributed by atoms with E-state index in [0.29, 0.717) is 29.6 Å². The molecule has 5 atom stereocenters. The van der Waals surface area contributed by atoms with Gasteiger partial charge in [0.15, 0.2) is 0 Å². The number of esters is 1. The monoisotopic (exact) mass is 274 g/mol. The van der Waals surface area contributed by atoms with E-state index >= 15 is 0 Å². The predicted octanol–water partition coefficient (Wildman–Crippen LogP) is 4.12. The van der Waals surface area contributed by atoms with Gasteiger partial charge < -0.3 is 4.74 Å². The Morgan fingerprint density at radius 3 is 2.65 bits per heavy atom. The van der Waals surface area contributed by atoms with Crippen molar-refractivity contribution in [3.63, 3.8) is 0 Å². The van der Waals surface area contributed by atoms with E-state index < -0.39 is 0 Å². The van der Waals surface area contributed by atoms with Crippen LogP contribution in [0.4, 0.5) is 0 Å². The summed E-state index contributed by atoms with van der Waals surface area (Å²) in [6.45, 7) is 6.78. The molecule has 1 fully saturated rings. The summed E-state index contributed by atoms with van der Waals surface area (Å²) < 4.78 is 5.93. The summed E-state index contributed by atoms with van der Waals surface area (Å²) in [5.74, 6) is 2.56. The van der Waals surface area contributed by atoms with Crippen LogP contribution in [-0.4, -0.2) is 12.1 Å². The van der Waals surface area contributed by atoms with Crippen LogP contribution >= 0.6 is 0 Å². The number of ether oxygens (including phenoxy) is 1. The van der Waals surface area contributed by atoms with Crippen molar-refractivity contribution in [1.29, 1.82) is 0 Å². The minimum atomic E-state index is -0.0494. The smallest absolute Gasteiger partial charge is 0.334 e. The van der Waals surface area contributed by atoms with Crippen LogP contribution in [0, 0.1) is 29.6 Å². The molecular weight excluding hydrogens is 248 g/mol. The normalized spacial score (nSPS) is 39.2. The van der Waals surface area contributed by atoms with Crippen LogP contribution in [0.25, 0.3) is 0 Å². The largest absolute Gasteiger partial charge is 0.459 e. The highest BCUT2D eigenvalue weighted by Gasteiger charge is 2.37. The highest BCUT2D eigenvalue weighted by molar-refractivity contribution is 5.90. The van der Waals surface area contributed by atoms with E-state index in [-0.39, 0.29) is 12.1 Å². The van der Waals surface area contributed by atoms with Gasteiger partial charge in [-0.2, -0.15) is 0 Å². The van der Waals surface area contributed by atoms with Gasteiger partial charge in [-0.05, 0) is 42.9 Å². The second kappa shape index (κ2) is 5.38. The SMILES string of the molecule is CC1CCC(C(C)C)[C@@H](OC(=O)C2=CC3C=CC2C3)C1. The third-order valence-corrected chi connectivity index (χ3v) is 5.37. The van der Waals surface area contributed by atoms with Crippen LogP contribution < -0.4 is 0 Å². The molecule has 0 aromatic rings. The predicted molar refractivity (Wildman–Crippen MR) is 80.0 cm³/mol. The molecule has 0 N–H and O–H groups in total. The number of hydrogen-bond acceptors (Lipinski definition) is 2. The molecule has 0 aromatic heterocycles. The van der Waals surface area contributed by atoms with Gasteiger partial charge in [0, 0.05) is 11.5 Å². The Kier molecular flexibility index (Phi) is 3.74. The van der Waals surface area contributed by atoms with E-state index in [1.54, 1.807) is 0 Å². The zero-order valence-corrected chi connectivity index (χ0v) is 12.8. The van der Waals surface area contributed by atoms with Crippen LogP contribution in [0.15, 0.2) is 23.8 Å². The van der Waals surface area contributed by atoms with Gasteiger partial charge in [0.1, 0.15) is 6.10 Å². The first kappa shape index (κ1) is 13.9. The van der Waals surface area contributed by atoms with Gasteiger partial charge in [-0.1, -0.05) is 45.4 Å². The number of allylic oxidation sites excluding steroid dienone is 3. The summed E-state index contributed by atoms with van der Waals surface area (Å²) in [5, 5.41) is 0. The quantitative estimate of drug-likeness (QED) is 0.571. The number of hydrogen-bond donors (Lipinski definition) is 0. The van der Waals surface area contributed by atoms with E-state index in [2.05, 4.69) is 39.0 Å². The molecule has 4 unspecified atom stereocenters. The van der Waals surface area contributed by atoms with Crippen molar-refractivity contribution in [2.75, 3.05) is 0 Å². The summed E-state index contributed by atoms with van der Waals surface area (Å²) in [5.41, 5.74) is 0.915. The standard InChI is InChI=1S/C18H26O2/c1-11(2)15-7-4-12(3)8-17(15)20-18(19)16-10-13-5-6-14(16)9-13/h5-6,10-15,17H,4,7-9H2,1-3H3/t12?,13?,14?,15?,17-/m0/s1. The summed E-state index contributed by atoms with van der Waals surface area (Å²) in [4.78, 5) is 12.5. The highest BCUT2D eigenvalue weighted by atomic mass is 16.5. The Labute approximate surface area is 122 Å². The van der Waals surface area contributed by atoms with Crippen molar-refractivity contribution < 1.29 is 9.53 Å². The van der Waals surface area contributed by atoms with Gasteiger partial charge in [-0.3, -0.25) is 0 Å². The Bertz CT molecular complexity index is 446. The molecule has 1 saturated carbocycles. The van der Waals surface area contributed by atoms with Crippen molar-refractivity contribution in [3.8, 4) is 0 Å². The Morgan fingerprint density at radius 1 is 1.25 bits per heavy atom. The van der Waals surface area contributed by atoms with Gasteiger partial charge in [0.2, 0.25) is 0 Å². The number of carbonyl (C=O) groups is 1. The summed E-state index contributed by atoms with van der Waals surface area (Å²) in [7, 11) is 0. The van der Waals surface area contributed by atoms with Gasteiger partial charge in [-0.25, -0.2) is 4.79 Å². The van der Waals surface area contributed by atoms with Crippen molar-refractivity contribution in [2.24, 2.45) is 29.6 Å². The molecule has 3 aliphatic rings. The van der Waals surface area contributed by atoms with Gasteiger partial charge in [0.05, 0.1) is 0 Å². The molecule has 2 heteroatoms. The van der Waals surface area contributed by atoms with Gasteiger partial charge in [-0.15, -0.1) is 0 Å². The molecule has 3 rings (SSSR count). The summed E-state index contributed by atoms with van der Waals surface area (Å²) in [6.07, 6.45) is 11.2. The van der Waals surface area contributed by atoms with E-state index in [9.17, 15) is 4.79 Å². The lowest BCUT2D eigenvalue weighted by Crippen LogP contribution is -2.36. The first-order chi connectivity index (χ1) is 9.54. The van der Waals surface area contributed by atoms with E-state index in [1.165, 1.54) is 12.8 Å². The maximum Gasteiger partial charge on any atom is 0.334 e. The van der Waals surface area contributed by atoms with Crippen LogP contribution in [0.5, 0.6) is 0 Å².